The molecular weight excluding hydrogens is 130 g/mol. The average Bonchev–Trinajstić information content (AvgIpc) is 1.61. The molecule has 0 amide bonds. The van der Waals surface area contributed by atoms with Gasteiger partial charge in [0.25, 0.3) is 0 Å². The third-order valence-corrected chi connectivity index (χ3v) is 1.92. The molecule has 0 aliphatic carbocycles. The highest BCUT2D eigenvalue weighted by Crippen LogP contribution is 2.23. The van der Waals surface area contributed by atoms with Gasteiger partial charge in [0.2, 0.25) is 0 Å². The Morgan fingerprint density at radius 2 is 1.70 bits per heavy atom. The van der Waals surface area contributed by atoms with E-state index in [1.807, 2.05) is 0 Å². The summed E-state index contributed by atoms with van der Waals surface area (Å²) in [6, 6.07) is 0. The molecule has 3 N–H and O–H groups in total. The fourth-order valence-electron chi connectivity index (χ4n) is 0.385. The van der Waals surface area contributed by atoms with Crippen LogP contribution in [0, 0.1) is 0 Å². The summed E-state index contributed by atoms with van der Waals surface area (Å²) in [5.41, 5.74) is 3.74. The fourth-order valence-corrected chi connectivity index (χ4v) is 0.385. The maximum atomic E-state index is 9.50. The summed E-state index contributed by atoms with van der Waals surface area (Å²) in [5.74, 6) is 0. The molecule has 0 atom stereocenters. The molecule has 0 aromatic rings. The molecule has 0 saturated heterocycles. The van der Waals surface area contributed by atoms with Crippen LogP contribution >= 0.6 is 0 Å². The molecule has 0 aliphatic rings. The van der Waals surface area contributed by atoms with E-state index < -0.39 is 11.2 Å². The first-order chi connectivity index (χ1) is 4.31. The zero-order valence-corrected chi connectivity index (χ0v) is 7.14. The maximum absolute atomic E-state index is 9.50. The van der Waals surface area contributed by atoms with Gasteiger partial charge in [-0.15, -0.1) is 0 Å². The molecule has 0 fully saturated rings. The molecule has 0 heterocycles. The van der Waals surface area contributed by atoms with Crippen LogP contribution in [-0.2, 0) is 4.74 Å². The minimum absolute atomic E-state index is 0.136. The Labute approximate surface area is 62.2 Å². The Morgan fingerprint density at radius 3 is 1.80 bits per heavy atom. The van der Waals surface area contributed by atoms with Crippen LogP contribution in [0.1, 0.15) is 27.7 Å². The highest BCUT2D eigenvalue weighted by Gasteiger charge is 2.35. The molecule has 0 bridgehead atoms. The largest absolute Gasteiger partial charge is 0.387 e. The third kappa shape index (κ3) is 2.25. The molecule has 0 saturated carbocycles. The van der Waals surface area contributed by atoms with E-state index >= 15 is 0 Å². The summed E-state index contributed by atoms with van der Waals surface area (Å²) in [4.78, 5) is 0. The van der Waals surface area contributed by atoms with Crippen molar-refractivity contribution in [2.45, 2.75) is 38.9 Å². The molecule has 0 unspecified atom stereocenters. The Hall–Kier alpha value is -0.120. The van der Waals surface area contributed by atoms with E-state index in [4.69, 9.17) is 10.5 Å². The van der Waals surface area contributed by atoms with Gasteiger partial charge in [0, 0.05) is 0 Å². The summed E-state index contributed by atoms with van der Waals surface area (Å²) in [7, 11) is 0. The lowest BCUT2D eigenvalue weighted by Gasteiger charge is -2.36. The summed E-state index contributed by atoms with van der Waals surface area (Å²) in [5, 5.41) is 9.50. The number of ether oxygens (including phenoxy) is 1. The summed E-state index contributed by atoms with van der Waals surface area (Å²) in [6.07, 6.45) is 0. The first-order valence-electron chi connectivity index (χ1n) is 3.37. The van der Waals surface area contributed by atoms with E-state index in [9.17, 15) is 5.11 Å². The van der Waals surface area contributed by atoms with Crippen molar-refractivity contribution in [3.05, 3.63) is 0 Å². The SMILES string of the molecule is CC(C)(O)C(C)(C)OCN. The smallest absolute Gasteiger partial charge is 0.0949 e. The number of hydrogen-bond donors (Lipinski definition) is 2. The number of aliphatic hydroxyl groups is 1. The van der Waals surface area contributed by atoms with Gasteiger partial charge in [-0.1, -0.05) is 0 Å². The first kappa shape index (κ1) is 9.88. The van der Waals surface area contributed by atoms with Crippen molar-refractivity contribution in [3.63, 3.8) is 0 Å². The van der Waals surface area contributed by atoms with Crippen LogP contribution < -0.4 is 5.73 Å². The van der Waals surface area contributed by atoms with E-state index in [0.717, 1.165) is 0 Å². The molecule has 0 radical (unpaired) electrons. The Morgan fingerprint density at radius 1 is 1.30 bits per heavy atom. The summed E-state index contributed by atoms with van der Waals surface area (Å²) >= 11 is 0. The number of rotatable bonds is 3. The molecule has 3 nitrogen and oxygen atoms in total. The third-order valence-electron chi connectivity index (χ3n) is 1.92. The normalized spacial score (nSPS) is 13.8. The Kier molecular flexibility index (Phi) is 2.83. The molecular formula is C7H17NO2. The molecule has 0 rings (SSSR count). The van der Waals surface area contributed by atoms with Crippen molar-refractivity contribution in [2.75, 3.05) is 6.73 Å². The van der Waals surface area contributed by atoms with Crippen LogP contribution in [0.2, 0.25) is 0 Å². The molecule has 62 valence electrons. The van der Waals surface area contributed by atoms with Crippen molar-refractivity contribution in [2.24, 2.45) is 5.73 Å². The predicted octanol–water partition coefficient (Wildman–Crippen LogP) is 0.469. The van der Waals surface area contributed by atoms with E-state index in [0.29, 0.717) is 0 Å². The molecule has 0 aliphatic heterocycles. The molecule has 0 aromatic carbocycles. The highest BCUT2D eigenvalue weighted by molar-refractivity contribution is 4.86. The van der Waals surface area contributed by atoms with Crippen LogP contribution in [0.25, 0.3) is 0 Å². The predicted molar refractivity (Wildman–Crippen MR) is 40.5 cm³/mol. The fraction of sp³-hybridized carbons (Fsp3) is 1.00. The van der Waals surface area contributed by atoms with E-state index in [1.54, 1.807) is 27.7 Å². The first-order valence-corrected chi connectivity index (χ1v) is 3.37. The summed E-state index contributed by atoms with van der Waals surface area (Å²) in [6.45, 7) is 7.14. The van der Waals surface area contributed by atoms with Crippen LogP contribution in [0.15, 0.2) is 0 Å². The van der Waals surface area contributed by atoms with E-state index in [2.05, 4.69) is 0 Å². The Balaban J connectivity index is 4.10. The van der Waals surface area contributed by atoms with Gasteiger partial charge in [0.15, 0.2) is 0 Å². The average molecular weight is 147 g/mol. The van der Waals surface area contributed by atoms with Crippen LogP contribution in [-0.4, -0.2) is 23.0 Å². The van der Waals surface area contributed by atoms with Gasteiger partial charge < -0.3 is 15.6 Å². The van der Waals surface area contributed by atoms with Gasteiger partial charge in [-0.3, -0.25) is 0 Å². The van der Waals surface area contributed by atoms with Gasteiger partial charge in [0.05, 0.1) is 17.9 Å². The van der Waals surface area contributed by atoms with Crippen molar-refractivity contribution in [1.82, 2.24) is 0 Å². The number of nitrogens with two attached hydrogens (primary N) is 1. The second kappa shape index (κ2) is 2.86. The minimum Gasteiger partial charge on any atom is -0.387 e. The van der Waals surface area contributed by atoms with Crippen LogP contribution in [0.4, 0.5) is 0 Å². The topological polar surface area (TPSA) is 55.5 Å². The minimum atomic E-state index is -0.855. The zero-order valence-electron chi connectivity index (χ0n) is 7.14. The van der Waals surface area contributed by atoms with Crippen molar-refractivity contribution < 1.29 is 9.84 Å². The lowest BCUT2D eigenvalue weighted by molar-refractivity contribution is -0.145. The second-order valence-electron chi connectivity index (χ2n) is 3.38. The van der Waals surface area contributed by atoms with E-state index in [-0.39, 0.29) is 6.73 Å². The van der Waals surface area contributed by atoms with Gasteiger partial charge in [0.1, 0.15) is 0 Å². The van der Waals surface area contributed by atoms with Crippen LogP contribution in [0.5, 0.6) is 0 Å². The lowest BCUT2D eigenvalue weighted by atomic mass is 9.90. The molecule has 10 heavy (non-hydrogen) atoms. The highest BCUT2D eigenvalue weighted by atomic mass is 16.5. The Bertz CT molecular complexity index is 105. The zero-order chi connectivity index (χ0) is 8.41. The lowest BCUT2D eigenvalue weighted by Crippen LogP contribution is -2.48. The maximum Gasteiger partial charge on any atom is 0.0949 e. The quantitative estimate of drug-likeness (QED) is 0.570. The molecule has 0 aromatic heterocycles. The van der Waals surface area contributed by atoms with Gasteiger partial charge >= 0.3 is 0 Å². The standard InChI is InChI=1S/C7H17NO2/c1-6(2,9)7(3,4)10-5-8/h9H,5,8H2,1-4H3. The molecule has 3 heteroatoms. The molecule has 0 spiro atoms. The summed E-state index contributed by atoms with van der Waals surface area (Å²) < 4.78 is 5.12. The monoisotopic (exact) mass is 147 g/mol. The van der Waals surface area contributed by atoms with Crippen molar-refractivity contribution in [3.8, 4) is 0 Å². The number of hydrogen-bond acceptors (Lipinski definition) is 3. The second-order valence-corrected chi connectivity index (χ2v) is 3.38. The van der Waals surface area contributed by atoms with Gasteiger partial charge in [-0.2, -0.15) is 0 Å². The van der Waals surface area contributed by atoms with Crippen molar-refractivity contribution in [1.29, 1.82) is 0 Å². The van der Waals surface area contributed by atoms with Crippen molar-refractivity contribution >= 4 is 0 Å². The van der Waals surface area contributed by atoms with E-state index in [1.165, 1.54) is 0 Å². The van der Waals surface area contributed by atoms with Gasteiger partial charge in [-0.25, -0.2) is 0 Å². The van der Waals surface area contributed by atoms with Gasteiger partial charge in [-0.05, 0) is 27.7 Å². The van der Waals surface area contributed by atoms with Crippen LogP contribution in [0.3, 0.4) is 0 Å².